The summed E-state index contributed by atoms with van der Waals surface area (Å²) in [5, 5.41) is 0. The van der Waals surface area contributed by atoms with E-state index in [0.29, 0.717) is 6.04 Å². The van der Waals surface area contributed by atoms with Crippen molar-refractivity contribution >= 4 is 0 Å². The third-order valence-electron chi connectivity index (χ3n) is 3.98. The lowest BCUT2D eigenvalue weighted by molar-refractivity contribution is 0.186. The molecule has 2 heteroatoms. The lowest BCUT2D eigenvalue weighted by Gasteiger charge is -2.34. The second-order valence-corrected chi connectivity index (χ2v) is 5.10. The first-order valence-corrected chi connectivity index (χ1v) is 6.15. The minimum Gasteiger partial charge on any atom is -0.271 e. The zero-order chi connectivity index (χ0) is 10.6. The first-order chi connectivity index (χ1) is 6.69. The Labute approximate surface area is 88.6 Å². The van der Waals surface area contributed by atoms with E-state index in [1.807, 2.05) is 0 Å². The van der Waals surface area contributed by atoms with Crippen molar-refractivity contribution < 1.29 is 0 Å². The van der Waals surface area contributed by atoms with Crippen LogP contribution in [0.15, 0.2) is 0 Å². The maximum atomic E-state index is 5.56. The first kappa shape index (κ1) is 12.0. The second kappa shape index (κ2) is 5.72. The molecule has 14 heavy (non-hydrogen) atoms. The molecule has 2 nitrogen and oxygen atoms in total. The van der Waals surface area contributed by atoms with Gasteiger partial charge in [-0.1, -0.05) is 20.8 Å². The maximum absolute atomic E-state index is 5.56. The van der Waals surface area contributed by atoms with Gasteiger partial charge in [0, 0.05) is 6.04 Å². The molecule has 0 aromatic rings. The highest BCUT2D eigenvalue weighted by Crippen LogP contribution is 2.35. The number of rotatable bonds is 4. The van der Waals surface area contributed by atoms with Crippen molar-refractivity contribution in [2.75, 3.05) is 0 Å². The first-order valence-electron chi connectivity index (χ1n) is 6.15. The van der Waals surface area contributed by atoms with Gasteiger partial charge in [0.1, 0.15) is 0 Å². The molecular weight excluding hydrogens is 172 g/mol. The van der Waals surface area contributed by atoms with Crippen molar-refractivity contribution in [1.29, 1.82) is 0 Å². The number of hydrogen-bond donors (Lipinski definition) is 2. The minimum atomic E-state index is 0.545. The maximum Gasteiger partial charge on any atom is 0.0236 e. The van der Waals surface area contributed by atoms with Crippen LogP contribution in [0.25, 0.3) is 0 Å². The predicted octanol–water partition coefficient (Wildman–Crippen LogP) is 2.69. The normalized spacial score (nSPS) is 30.6. The molecule has 0 aromatic heterocycles. The monoisotopic (exact) mass is 198 g/mol. The lowest BCUT2D eigenvalue weighted by atomic mass is 9.74. The molecule has 1 atom stereocenters. The SMILES string of the molecule is CCC(NN)C1CCC(C(C)C)CC1. The van der Waals surface area contributed by atoms with E-state index in [1.54, 1.807) is 0 Å². The molecular formula is C12H26N2. The predicted molar refractivity (Wildman–Crippen MR) is 61.7 cm³/mol. The summed E-state index contributed by atoms with van der Waals surface area (Å²) >= 11 is 0. The van der Waals surface area contributed by atoms with Crippen LogP contribution in [0.3, 0.4) is 0 Å². The van der Waals surface area contributed by atoms with Crippen molar-refractivity contribution in [3.63, 3.8) is 0 Å². The Morgan fingerprint density at radius 1 is 1.14 bits per heavy atom. The molecule has 0 radical (unpaired) electrons. The van der Waals surface area contributed by atoms with E-state index in [0.717, 1.165) is 24.2 Å². The van der Waals surface area contributed by atoms with E-state index in [1.165, 1.54) is 25.7 Å². The lowest BCUT2D eigenvalue weighted by Crippen LogP contribution is -2.42. The molecule has 84 valence electrons. The van der Waals surface area contributed by atoms with Crippen LogP contribution >= 0.6 is 0 Å². The largest absolute Gasteiger partial charge is 0.271 e. The van der Waals surface area contributed by atoms with Crippen LogP contribution in [0.2, 0.25) is 0 Å². The molecule has 0 spiro atoms. The molecule has 1 aliphatic carbocycles. The van der Waals surface area contributed by atoms with E-state index < -0.39 is 0 Å². The van der Waals surface area contributed by atoms with Crippen LogP contribution in [0.4, 0.5) is 0 Å². The van der Waals surface area contributed by atoms with Crippen molar-refractivity contribution in [3.8, 4) is 0 Å². The third-order valence-corrected chi connectivity index (χ3v) is 3.98. The zero-order valence-electron chi connectivity index (χ0n) is 9.92. The van der Waals surface area contributed by atoms with Gasteiger partial charge in [-0.3, -0.25) is 11.3 Å². The van der Waals surface area contributed by atoms with Crippen LogP contribution < -0.4 is 11.3 Å². The fourth-order valence-electron chi connectivity index (χ4n) is 2.80. The summed E-state index contributed by atoms with van der Waals surface area (Å²) in [4.78, 5) is 0. The van der Waals surface area contributed by atoms with Crippen LogP contribution in [0.1, 0.15) is 52.9 Å². The molecule has 0 amide bonds. The highest BCUT2D eigenvalue weighted by atomic mass is 15.2. The summed E-state index contributed by atoms with van der Waals surface area (Å²) in [7, 11) is 0. The molecule has 0 saturated heterocycles. The highest BCUT2D eigenvalue weighted by molar-refractivity contribution is 4.80. The Morgan fingerprint density at radius 2 is 1.64 bits per heavy atom. The summed E-state index contributed by atoms with van der Waals surface area (Å²) in [6.07, 6.45) is 6.70. The molecule has 0 aliphatic heterocycles. The summed E-state index contributed by atoms with van der Waals surface area (Å²) in [5.74, 6) is 8.20. The molecule has 0 heterocycles. The van der Waals surface area contributed by atoms with E-state index in [9.17, 15) is 0 Å². The number of hydrogen-bond acceptors (Lipinski definition) is 2. The topological polar surface area (TPSA) is 38.0 Å². The van der Waals surface area contributed by atoms with Crippen molar-refractivity contribution in [2.24, 2.45) is 23.6 Å². The van der Waals surface area contributed by atoms with Crippen molar-refractivity contribution in [2.45, 2.75) is 58.9 Å². The highest BCUT2D eigenvalue weighted by Gasteiger charge is 2.27. The van der Waals surface area contributed by atoms with Gasteiger partial charge >= 0.3 is 0 Å². The summed E-state index contributed by atoms with van der Waals surface area (Å²) in [6, 6.07) is 0.545. The Hall–Kier alpha value is -0.0800. The molecule has 0 aromatic carbocycles. The van der Waals surface area contributed by atoms with E-state index in [-0.39, 0.29) is 0 Å². The Morgan fingerprint density at radius 3 is 2.00 bits per heavy atom. The second-order valence-electron chi connectivity index (χ2n) is 5.10. The third kappa shape index (κ3) is 2.96. The number of hydrazine groups is 1. The van der Waals surface area contributed by atoms with Crippen LogP contribution in [-0.4, -0.2) is 6.04 Å². The average molecular weight is 198 g/mol. The minimum absolute atomic E-state index is 0.545. The number of nitrogens with one attached hydrogen (secondary N) is 1. The molecule has 1 fully saturated rings. The summed E-state index contributed by atoms with van der Waals surface area (Å²) in [5.41, 5.74) is 2.97. The standard InChI is InChI=1S/C12H26N2/c1-4-12(14-13)11-7-5-10(6-8-11)9(2)3/h9-12,14H,4-8,13H2,1-3H3. The average Bonchev–Trinajstić information content (AvgIpc) is 2.20. The van der Waals surface area contributed by atoms with Gasteiger partial charge in [-0.2, -0.15) is 0 Å². The van der Waals surface area contributed by atoms with Gasteiger partial charge in [-0.25, -0.2) is 0 Å². The van der Waals surface area contributed by atoms with Gasteiger partial charge in [0.15, 0.2) is 0 Å². The van der Waals surface area contributed by atoms with Gasteiger partial charge < -0.3 is 0 Å². The summed E-state index contributed by atoms with van der Waals surface area (Å²) in [6.45, 7) is 6.92. The molecule has 1 aliphatic rings. The smallest absolute Gasteiger partial charge is 0.0236 e. The molecule has 1 rings (SSSR count). The Kier molecular flexibility index (Phi) is 4.90. The fourth-order valence-corrected chi connectivity index (χ4v) is 2.80. The van der Waals surface area contributed by atoms with E-state index in [4.69, 9.17) is 5.84 Å². The molecule has 1 saturated carbocycles. The van der Waals surface area contributed by atoms with Gasteiger partial charge in [0.25, 0.3) is 0 Å². The van der Waals surface area contributed by atoms with Gasteiger partial charge in [-0.15, -0.1) is 0 Å². The zero-order valence-corrected chi connectivity index (χ0v) is 9.92. The Balaban J connectivity index is 2.34. The summed E-state index contributed by atoms with van der Waals surface area (Å²) < 4.78 is 0. The van der Waals surface area contributed by atoms with Gasteiger partial charge in [0.2, 0.25) is 0 Å². The number of nitrogens with two attached hydrogens (primary N) is 1. The van der Waals surface area contributed by atoms with Crippen molar-refractivity contribution in [1.82, 2.24) is 5.43 Å². The van der Waals surface area contributed by atoms with E-state index >= 15 is 0 Å². The Bertz CT molecular complexity index is 144. The molecule has 1 unspecified atom stereocenters. The van der Waals surface area contributed by atoms with Crippen molar-refractivity contribution in [3.05, 3.63) is 0 Å². The molecule has 0 bridgehead atoms. The van der Waals surface area contributed by atoms with Gasteiger partial charge in [0.05, 0.1) is 0 Å². The van der Waals surface area contributed by atoms with Crippen LogP contribution in [-0.2, 0) is 0 Å². The van der Waals surface area contributed by atoms with Gasteiger partial charge in [-0.05, 0) is 49.9 Å². The van der Waals surface area contributed by atoms with E-state index in [2.05, 4.69) is 26.2 Å². The molecule has 3 N–H and O–H groups in total. The van der Waals surface area contributed by atoms with Crippen LogP contribution in [0.5, 0.6) is 0 Å². The quantitative estimate of drug-likeness (QED) is 0.538. The fraction of sp³-hybridized carbons (Fsp3) is 1.00. The van der Waals surface area contributed by atoms with Crippen LogP contribution in [0, 0.1) is 17.8 Å².